The molecule has 1 unspecified atom stereocenters. The molecule has 0 fully saturated rings. The second-order valence-corrected chi connectivity index (χ2v) is 5.37. The molecule has 0 bridgehead atoms. The summed E-state index contributed by atoms with van der Waals surface area (Å²) in [5.41, 5.74) is 3.27. The first-order valence-electron chi connectivity index (χ1n) is 6.14. The van der Waals surface area contributed by atoms with Crippen LogP contribution >= 0.6 is 15.9 Å². The second-order valence-electron chi connectivity index (χ2n) is 4.46. The topological polar surface area (TPSA) is 67.0 Å². The number of H-pyrrole nitrogens is 1. The van der Waals surface area contributed by atoms with Gasteiger partial charge in [0.15, 0.2) is 6.04 Å². The molecular formula is C14H16BrN3O2. The number of aromatic nitrogens is 2. The van der Waals surface area contributed by atoms with Gasteiger partial charge in [-0.15, -0.1) is 0 Å². The number of methoxy groups -OCH3 is 1. The highest BCUT2D eigenvalue weighted by Gasteiger charge is 2.26. The summed E-state index contributed by atoms with van der Waals surface area (Å²) in [5.74, 6) is -0.349. The van der Waals surface area contributed by atoms with Gasteiger partial charge in [0.1, 0.15) is 0 Å². The Bertz CT molecular complexity index is 605. The Hall–Kier alpha value is -1.82. The summed E-state index contributed by atoms with van der Waals surface area (Å²) >= 11 is 3.41. The zero-order valence-electron chi connectivity index (χ0n) is 11.5. The van der Waals surface area contributed by atoms with Crippen LogP contribution in [0.15, 0.2) is 28.7 Å². The molecule has 0 amide bonds. The monoisotopic (exact) mass is 337 g/mol. The van der Waals surface area contributed by atoms with Gasteiger partial charge < -0.3 is 10.1 Å². The van der Waals surface area contributed by atoms with Gasteiger partial charge in [0, 0.05) is 21.4 Å². The van der Waals surface area contributed by atoms with E-state index in [1.54, 1.807) is 0 Å². The predicted molar refractivity (Wildman–Crippen MR) is 80.6 cm³/mol. The maximum atomic E-state index is 12.1. The molecule has 0 radical (unpaired) electrons. The summed E-state index contributed by atoms with van der Waals surface area (Å²) in [6.07, 6.45) is 0. The molecule has 0 saturated heterocycles. The largest absolute Gasteiger partial charge is 0.467 e. The fraction of sp³-hybridized carbons (Fsp3) is 0.286. The van der Waals surface area contributed by atoms with Gasteiger partial charge >= 0.3 is 5.97 Å². The average molecular weight is 338 g/mol. The number of carbonyl (C=O) groups is 1. The molecule has 6 heteroatoms. The Morgan fingerprint density at radius 2 is 2.20 bits per heavy atom. The van der Waals surface area contributed by atoms with Crippen molar-refractivity contribution in [1.82, 2.24) is 10.2 Å². The van der Waals surface area contributed by atoms with Gasteiger partial charge in [0.2, 0.25) is 0 Å². The summed E-state index contributed by atoms with van der Waals surface area (Å²) in [4.78, 5) is 12.1. The summed E-state index contributed by atoms with van der Waals surface area (Å²) in [7, 11) is 1.38. The highest BCUT2D eigenvalue weighted by molar-refractivity contribution is 9.10. The highest BCUT2D eigenvalue weighted by Crippen LogP contribution is 2.26. The normalized spacial score (nSPS) is 12.0. The molecular weight excluding hydrogens is 322 g/mol. The van der Waals surface area contributed by atoms with Crippen LogP contribution in [-0.2, 0) is 9.53 Å². The van der Waals surface area contributed by atoms with Crippen LogP contribution in [-0.4, -0.2) is 23.3 Å². The number of carbonyl (C=O) groups excluding carboxylic acids is 1. The molecule has 2 N–H and O–H groups in total. The summed E-state index contributed by atoms with van der Waals surface area (Å²) in [6.45, 7) is 3.74. The molecule has 0 aliphatic heterocycles. The van der Waals surface area contributed by atoms with Gasteiger partial charge in [0.05, 0.1) is 12.8 Å². The van der Waals surface area contributed by atoms with Crippen LogP contribution in [0.1, 0.15) is 23.0 Å². The van der Waals surface area contributed by atoms with Crippen molar-refractivity contribution in [3.8, 4) is 0 Å². The van der Waals surface area contributed by atoms with E-state index in [0.717, 1.165) is 27.1 Å². The molecule has 20 heavy (non-hydrogen) atoms. The number of hydrogen-bond acceptors (Lipinski definition) is 4. The van der Waals surface area contributed by atoms with Crippen molar-refractivity contribution in [2.24, 2.45) is 0 Å². The second kappa shape index (κ2) is 6.09. The number of ether oxygens (including phenoxy) is 1. The van der Waals surface area contributed by atoms with Crippen molar-refractivity contribution in [3.63, 3.8) is 0 Å². The lowest BCUT2D eigenvalue weighted by atomic mass is 10.0. The number of esters is 1. The van der Waals surface area contributed by atoms with Gasteiger partial charge in [-0.3, -0.25) is 5.10 Å². The summed E-state index contributed by atoms with van der Waals surface area (Å²) in [6, 6.07) is 7.03. The van der Waals surface area contributed by atoms with Crippen molar-refractivity contribution in [2.45, 2.75) is 19.9 Å². The van der Waals surface area contributed by atoms with Crippen molar-refractivity contribution in [1.29, 1.82) is 0 Å². The molecule has 1 aromatic heterocycles. The van der Waals surface area contributed by atoms with Crippen LogP contribution < -0.4 is 5.32 Å². The minimum Gasteiger partial charge on any atom is -0.467 e. The quantitative estimate of drug-likeness (QED) is 0.841. The molecule has 0 spiro atoms. The number of halogens is 1. The molecule has 0 aliphatic carbocycles. The van der Waals surface area contributed by atoms with Crippen LogP contribution in [0, 0.1) is 13.8 Å². The molecule has 106 valence electrons. The Morgan fingerprint density at radius 3 is 2.75 bits per heavy atom. The molecule has 5 nitrogen and oxygen atoms in total. The van der Waals surface area contributed by atoms with Gasteiger partial charge in [-0.1, -0.05) is 22.0 Å². The Kier molecular flexibility index (Phi) is 4.44. The predicted octanol–water partition coefficient (Wildman–Crippen LogP) is 3.12. The van der Waals surface area contributed by atoms with Crippen LogP contribution in [0.2, 0.25) is 0 Å². The lowest BCUT2D eigenvalue weighted by molar-refractivity contribution is -0.141. The fourth-order valence-corrected chi connectivity index (χ4v) is 2.50. The Morgan fingerprint density at radius 1 is 1.45 bits per heavy atom. The maximum absolute atomic E-state index is 12.1. The molecule has 2 aromatic rings. The standard InChI is InChI=1S/C14H16BrN3O2/c1-8-12(9(2)18-17-8)13(14(19)20-3)16-11-6-4-5-10(15)7-11/h4-7,13,16H,1-3H3,(H,17,18). The molecule has 2 rings (SSSR count). The smallest absolute Gasteiger partial charge is 0.333 e. The summed E-state index contributed by atoms with van der Waals surface area (Å²) in [5, 5.41) is 10.2. The van der Waals surface area contributed by atoms with Crippen LogP contribution in [0.4, 0.5) is 5.69 Å². The van der Waals surface area contributed by atoms with Gasteiger partial charge in [-0.25, -0.2) is 4.79 Å². The molecule has 1 aromatic carbocycles. The van der Waals surface area contributed by atoms with E-state index in [1.807, 2.05) is 38.1 Å². The number of aryl methyl sites for hydroxylation is 2. The van der Waals surface area contributed by atoms with E-state index in [0.29, 0.717) is 0 Å². The Balaban J connectivity index is 2.37. The van der Waals surface area contributed by atoms with Crippen molar-refractivity contribution in [3.05, 3.63) is 45.7 Å². The minimum atomic E-state index is -0.590. The van der Waals surface area contributed by atoms with E-state index < -0.39 is 6.04 Å². The van der Waals surface area contributed by atoms with E-state index in [9.17, 15) is 4.79 Å². The highest BCUT2D eigenvalue weighted by atomic mass is 79.9. The number of anilines is 1. The van der Waals surface area contributed by atoms with Crippen LogP contribution in [0.5, 0.6) is 0 Å². The fourth-order valence-electron chi connectivity index (χ4n) is 2.10. The van der Waals surface area contributed by atoms with Crippen LogP contribution in [0.3, 0.4) is 0 Å². The molecule has 1 heterocycles. The van der Waals surface area contributed by atoms with Gasteiger partial charge in [-0.05, 0) is 32.0 Å². The van der Waals surface area contributed by atoms with Crippen molar-refractivity contribution >= 4 is 27.6 Å². The van der Waals surface area contributed by atoms with Gasteiger partial charge in [0.25, 0.3) is 0 Å². The zero-order valence-corrected chi connectivity index (χ0v) is 13.1. The van der Waals surface area contributed by atoms with E-state index in [1.165, 1.54) is 7.11 Å². The minimum absolute atomic E-state index is 0.349. The first-order valence-corrected chi connectivity index (χ1v) is 6.93. The first kappa shape index (κ1) is 14.6. The number of rotatable bonds is 4. The van der Waals surface area contributed by atoms with Crippen molar-refractivity contribution < 1.29 is 9.53 Å². The molecule has 0 saturated carbocycles. The van der Waals surface area contributed by atoms with E-state index in [-0.39, 0.29) is 5.97 Å². The number of nitrogens with one attached hydrogen (secondary N) is 2. The summed E-state index contributed by atoms with van der Waals surface area (Å²) < 4.78 is 5.83. The average Bonchev–Trinajstić information content (AvgIpc) is 2.75. The van der Waals surface area contributed by atoms with Gasteiger partial charge in [-0.2, -0.15) is 5.10 Å². The number of nitrogens with zero attached hydrogens (tertiary/aromatic N) is 1. The zero-order chi connectivity index (χ0) is 14.7. The lowest BCUT2D eigenvalue weighted by Crippen LogP contribution is -2.23. The SMILES string of the molecule is COC(=O)C(Nc1cccc(Br)c1)c1c(C)n[nH]c1C. The van der Waals surface area contributed by atoms with E-state index in [4.69, 9.17) is 4.74 Å². The van der Waals surface area contributed by atoms with Crippen LogP contribution in [0.25, 0.3) is 0 Å². The first-order chi connectivity index (χ1) is 9.52. The number of aromatic amines is 1. The number of benzene rings is 1. The third-order valence-electron chi connectivity index (χ3n) is 3.05. The third kappa shape index (κ3) is 3.01. The van der Waals surface area contributed by atoms with E-state index in [2.05, 4.69) is 31.4 Å². The Labute approximate surface area is 125 Å². The number of hydrogen-bond donors (Lipinski definition) is 2. The maximum Gasteiger partial charge on any atom is 0.333 e. The lowest BCUT2D eigenvalue weighted by Gasteiger charge is -2.18. The molecule has 1 atom stereocenters. The molecule has 0 aliphatic rings. The third-order valence-corrected chi connectivity index (χ3v) is 3.54. The van der Waals surface area contributed by atoms with Crippen molar-refractivity contribution in [2.75, 3.05) is 12.4 Å². The van der Waals surface area contributed by atoms with E-state index >= 15 is 0 Å².